The zero-order valence-corrected chi connectivity index (χ0v) is 15.6. The lowest BCUT2D eigenvalue weighted by Gasteiger charge is -2.34. The Labute approximate surface area is 164 Å². The van der Waals surface area contributed by atoms with Crippen LogP contribution in [0.25, 0.3) is 0 Å². The van der Waals surface area contributed by atoms with Crippen molar-refractivity contribution in [2.45, 2.75) is 12.6 Å². The minimum absolute atomic E-state index is 0.121. The molecule has 6 heteroatoms. The first-order valence-corrected chi connectivity index (χ1v) is 9.47. The second kappa shape index (κ2) is 8.63. The molecule has 0 unspecified atom stereocenters. The van der Waals surface area contributed by atoms with Gasteiger partial charge in [0.15, 0.2) is 0 Å². The summed E-state index contributed by atoms with van der Waals surface area (Å²) in [6.07, 6.45) is 3.42. The summed E-state index contributed by atoms with van der Waals surface area (Å²) < 4.78 is 0. The summed E-state index contributed by atoms with van der Waals surface area (Å²) in [7, 11) is 0. The van der Waals surface area contributed by atoms with Gasteiger partial charge in [0.05, 0.1) is 12.2 Å². The van der Waals surface area contributed by atoms with Gasteiger partial charge in [0.1, 0.15) is 5.82 Å². The molecule has 0 aliphatic carbocycles. The number of rotatable bonds is 5. The van der Waals surface area contributed by atoms with Crippen LogP contribution in [0, 0.1) is 0 Å². The monoisotopic (exact) mass is 373 g/mol. The van der Waals surface area contributed by atoms with Crippen molar-refractivity contribution >= 4 is 11.7 Å². The quantitative estimate of drug-likeness (QED) is 0.719. The molecule has 3 heterocycles. The summed E-state index contributed by atoms with van der Waals surface area (Å²) in [5.74, 6) is 0.706. The van der Waals surface area contributed by atoms with E-state index in [0.29, 0.717) is 12.1 Å². The molecule has 2 N–H and O–H groups in total. The van der Waals surface area contributed by atoms with Gasteiger partial charge in [0.25, 0.3) is 5.91 Å². The number of anilines is 1. The molecule has 4 rings (SSSR count). The molecule has 3 aromatic rings. The number of hydrogen-bond donors (Lipinski definition) is 2. The van der Waals surface area contributed by atoms with E-state index in [1.54, 1.807) is 18.5 Å². The van der Waals surface area contributed by atoms with Crippen LogP contribution in [0.1, 0.15) is 27.7 Å². The van der Waals surface area contributed by atoms with Crippen LogP contribution in [-0.4, -0.2) is 35.5 Å². The highest BCUT2D eigenvalue weighted by Gasteiger charge is 2.22. The first-order chi connectivity index (χ1) is 13.8. The molecule has 0 saturated carbocycles. The van der Waals surface area contributed by atoms with Crippen LogP contribution >= 0.6 is 0 Å². The van der Waals surface area contributed by atoms with E-state index in [4.69, 9.17) is 0 Å². The van der Waals surface area contributed by atoms with Crippen molar-refractivity contribution in [1.29, 1.82) is 0 Å². The summed E-state index contributed by atoms with van der Waals surface area (Å²) in [6, 6.07) is 19.9. The van der Waals surface area contributed by atoms with Gasteiger partial charge in [-0.2, -0.15) is 0 Å². The minimum atomic E-state index is -0.121. The van der Waals surface area contributed by atoms with E-state index in [1.165, 1.54) is 5.56 Å². The smallest absolute Gasteiger partial charge is 0.251 e. The van der Waals surface area contributed by atoms with Crippen LogP contribution in [0.2, 0.25) is 0 Å². The molecule has 1 amide bonds. The standard InChI is InChI=1S/C22H23N5O/c28-22(26-15-19-8-4-5-10-23-19)18-9-11-25-21(14-18)27-13-12-24-20(16-27)17-6-2-1-3-7-17/h1-11,14,20,24H,12-13,15-16H2,(H,26,28)/t20-/m0/s1. The largest absolute Gasteiger partial charge is 0.353 e. The zero-order chi connectivity index (χ0) is 19.2. The molecule has 0 radical (unpaired) electrons. The number of benzene rings is 1. The maximum atomic E-state index is 12.5. The maximum absolute atomic E-state index is 12.5. The van der Waals surface area contributed by atoms with Crippen molar-refractivity contribution in [3.05, 3.63) is 89.9 Å². The average molecular weight is 373 g/mol. The molecule has 6 nitrogen and oxygen atoms in total. The normalized spacial score (nSPS) is 16.6. The van der Waals surface area contributed by atoms with Crippen molar-refractivity contribution in [1.82, 2.24) is 20.6 Å². The molecule has 1 aromatic carbocycles. The van der Waals surface area contributed by atoms with E-state index < -0.39 is 0 Å². The van der Waals surface area contributed by atoms with Crippen molar-refractivity contribution < 1.29 is 4.79 Å². The Hall–Kier alpha value is -3.25. The zero-order valence-electron chi connectivity index (χ0n) is 15.6. The van der Waals surface area contributed by atoms with Gasteiger partial charge >= 0.3 is 0 Å². The van der Waals surface area contributed by atoms with Gasteiger partial charge in [-0.1, -0.05) is 36.4 Å². The lowest BCUT2D eigenvalue weighted by atomic mass is 10.0. The fraction of sp³-hybridized carbons (Fsp3) is 0.227. The first kappa shape index (κ1) is 18.1. The third-order valence-electron chi connectivity index (χ3n) is 4.87. The summed E-state index contributed by atoms with van der Waals surface area (Å²) >= 11 is 0. The molecule has 142 valence electrons. The van der Waals surface area contributed by atoms with Gasteiger partial charge in [-0.25, -0.2) is 4.98 Å². The molecule has 1 saturated heterocycles. The Balaban J connectivity index is 1.43. The Morgan fingerprint density at radius 2 is 1.93 bits per heavy atom. The molecule has 2 aromatic heterocycles. The van der Waals surface area contributed by atoms with E-state index >= 15 is 0 Å². The molecular formula is C22H23N5O. The highest BCUT2D eigenvalue weighted by Crippen LogP contribution is 2.21. The van der Waals surface area contributed by atoms with Crippen LogP contribution < -0.4 is 15.5 Å². The Morgan fingerprint density at radius 3 is 2.75 bits per heavy atom. The van der Waals surface area contributed by atoms with E-state index in [9.17, 15) is 4.79 Å². The molecule has 1 aliphatic rings. The van der Waals surface area contributed by atoms with Crippen molar-refractivity contribution in [2.75, 3.05) is 24.5 Å². The van der Waals surface area contributed by atoms with Gasteiger partial charge in [-0.05, 0) is 29.8 Å². The molecule has 0 bridgehead atoms. The highest BCUT2D eigenvalue weighted by atomic mass is 16.1. The number of hydrogen-bond acceptors (Lipinski definition) is 5. The predicted molar refractivity (Wildman–Crippen MR) is 109 cm³/mol. The molecule has 1 fully saturated rings. The number of carbonyl (C=O) groups is 1. The van der Waals surface area contributed by atoms with Gasteiger partial charge in [-0.15, -0.1) is 0 Å². The Kier molecular flexibility index (Phi) is 5.58. The van der Waals surface area contributed by atoms with E-state index in [-0.39, 0.29) is 11.9 Å². The fourth-order valence-electron chi connectivity index (χ4n) is 3.37. The average Bonchev–Trinajstić information content (AvgIpc) is 2.79. The van der Waals surface area contributed by atoms with Crippen LogP contribution in [0.3, 0.4) is 0 Å². The second-order valence-electron chi connectivity index (χ2n) is 6.77. The van der Waals surface area contributed by atoms with Crippen LogP contribution in [0.15, 0.2) is 73.1 Å². The summed E-state index contributed by atoms with van der Waals surface area (Å²) in [6.45, 7) is 2.95. The van der Waals surface area contributed by atoms with Gasteiger partial charge < -0.3 is 15.5 Å². The summed E-state index contributed by atoms with van der Waals surface area (Å²) in [4.78, 5) is 23.5. The lowest BCUT2D eigenvalue weighted by Crippen LogP contribution is -2.46. The minimum Gasteiger partial charge on any atom is -0.353 e. The van der Waals surface area contributed by atoms with E-state index in [2.05, 4.69) is 49.8 Å². The van der Waals surface area contributed by atoms with Crippen molar-refractivity contribution in [3.63, 3.8) is 0 Å². The van der Waals surface area contributed by atoms with E-state index in [0.717, 1.165) is 31.1 Å². The van der Waals surface area contributed by atoms with Crippen LogP contribution in [-0.2, 0) is 6.54 Å². The second-order valence-corrected chi connectivity index (χ2v) is 6.77. The lowest BCUT2D eigenvalue weighted by molar-refractivity contribution is 0.0950. The third kappa shape index (κ3) is 4.35. The number of piperazine rings is 1. The Morgan fingerprint density at radius 1 is 1.07 bits per heavy atom. The number of pyridine rings is 2. The first-order valence-electron chi connectivity index (χ1n) is 9.47. The molecular weight excluding hydrogens is 350 g/mol. The number of amides is 1. The van der Waals surface area contributed by atoms with Crippen molar-refractivity contribution in [3.8, 4) is 0 Å². The molecule has 1 atom stereocenters. The third-order valence-corrected chi connectivity index (χ3v) is 4.87. The maximum Gasteiger partial charge on any atom is 0.251 e. The SMILES string of the molecule is O=C(NCc1ccccn1)c1ccnc(N2CCN[C@H](c3ccccc3)C2)c1. The van der Waals surface area contributed by atoms with Crippen LogP contribution in [0.4, 0.5) is 5.82 Å². The summed E-state index contributed by atoms with van der Waals surface area (Å²) in [5.41, 5.74) is 2.70. The number of aromatic nitrogens is 2. The molecule has 28 heavy (non-hydrogen) atoms. The number of nitrogens with one attached hydrogen (secondary N) is 2. The van der Waals surface area contributed by atoms with E-state index in [1.807, 2.05) is 30.3 Å². The van der Waals surface area contributed by atoms with Gasteiger partial charge in [-0.3, -0.25) is 9.78 Å². The van der Waals surface area contributed by atoms with Gasteiger partial charge in [0.2, 0.25) is 0 Å². The predicted octanol–water partition coefficient (Wildman–Crippen LogP) is 2.56. The topological polar surface area (TPSA) is 70.2 Å². The number of carbonyl (C=O) groups excluding carboxylic acids is 1. The highest BCUT2D eigenvalue weighted by molar-refractivity contribution is 5.94. The molecule has 0 spiro atoms. The van der Waals surface area contributed by atoms with Crippen molar-refractivity contribution in [2.24, 2.45) is 0 Å². The van der Waals surface area contributed by atoms with Crippen LogP contribution in [0.5, 0.6) is 0 Å². The van der Waals surface area contributed by atoms with Gasteiger partial charge in [0, 0.05) is 43.6 Å². The Bertz CT molecular complexity index is 916. The summed E-state index contributed by atoms with van der Waals surface area (Å²) in [5, 5.41) is 6.48. The number of nitrogens with zero attached hydrogens (tertiary/aromatic N) is 3. The fourth-order valence-corrected chi connectivity index (χ4v) is 3.37. The molecule has 1 aliphatic heterocycles.